The molecule has 0 radical (unpaired) electrons. The highest BCUT2D eigenvalue weighted by atomic mass is 16.5. The highest BCUT2D eigenvalue weighted by Gasteiger charge is 2.23. The molecule has 0 saturated carbocycles. The summed E-state index contributed by atoms with van der Waals surface area (Å²) in [5.74, 6) is 1.16. The van der Waals surface area contributed by atoms with Crippen LogP contribution in [-0.2, 0) is 24.2 Å². The van der Waals surface area contributed by atoms with Crippen molar-refractivity contribution in [2.45, 2.75) is 38.4 Å². The Morgan fingerprint density at radius 3 is 3.00 bits per heavy atom. The summed E-state index contributed by atoms with van der Waals surface area (Å²) in [6.45, 7) is 2.98. The van der Waals surface area contributed by atoms with E-state index in [0.29, 0.717) is 37.5 Å². The second kappa shape index (κ2) is 9.04. The van der Waals surface area contributed by atoms with Gasteiger partial charge in [-0.05, 0) is 30.9 Å². The molecule has 2 aliphatic heterocycles. The third kappa shape index (κ3) is 4.92. The average molecular weight is 398 g/mol. The number of urea groups is 1. The van der Waals surface area contributed by atoms with Crippen LogP contribution in [0.1, 0.15) is 29.8 Å². The molecule has 2 aromatic rings. The van der Waals surface area contributed by atoms with E-state index in [1.54, 1.807) is 18.1 Å². The number of nitrogens with one attached hydrogen (secondary N) is 2. The molecule has 0 bridgehead atoms. The maximum atomic E-state index is 12.6. The first-order chi connectivity index (χ1) is 14.2. The molecular formula is C20H26N6O3. The van der Waals surface area contributed by atoms with Crippen molar-refractivity contribution in [3.8, 4) is 5.88 Å². The number of carbonyl (C=O) groups excluding carboxylic acids is 1. The summed E-state index contributed by atoms with van der Waals surface area (Å²) in [5, 5.41) is 6.32. The fourth-order valence-corrected chi connectivity index (χ4v) is 3.52. The molecule has 0 aliphatic carbocycles. The minimum Gasteiger partial charge on any atom is -0.481 e. The largest absolute Gasteiger partial charge is 0.481 e. The van der Waals surface area contributed by atoms with Gasteiger partial charge in [0.15, 0.2) is 0 Å². The molecule has 154 valence electrons. The summed E-state index contributed by atoms with van der Waals surface area (Å²) in [6, 6.07) is 5.70. The highest BCUT2D eigenvalue weighted by molar-refractivity contribution is 5.74. The maximum absolute atomic E-state index is 12.6. The Labute approximate surface area is 169 Å². The Morgan fingerprint density at radius 2 is 2.17 bits per heavy atom. The predicted octanol–water partition coefficient (Wildman–Crippen LogP) is 1.74. The molecule has 0 unspecified atom stereocenters. The predicted molar refractivity (Wildman–Crippen MR) is 107 cm³/mol. The number of amides is 2. The molecule has 2 amide bonds. The van der Waals surface area contributed by atoms with Gasteiger partial charge in [0.05, 0.1) is 31.6 Å². The molecule has 1 fully saturated rings. The molecule has 4 heterocycles. The Morgan fingerprint density at radius 1 is 1.31 bits per heavy atom. The molecule has 2 aromatic heterocycles. The normalized spacial score (nSPS) is 16.8. The van der Waals surface area contributed by atoms with Crippen molar-refractivity contribution in [3.63, 3.8) is 0 Å². The molecule has 0 spiro atoms. The van der Waals surface area contributed by atoms with Crippen molar-refractivity contribution in [1.29, 1.82) is 0 Å². The SMILES string of the molecule is COc1cccc(CNC(=O)N2CCc3cnc(NC4CCOCC4)nc3C2)n1. The van der Waals surface area contributed by atoms with E-state index >= 15 is 0 Å². The topological polar surface area (TPSA) is 102 Å². The first-order valence-electron chi connectivity index (χ1n) is 9.93. The number of carbonyl (C=O) groups is 1. The van der Waals surface area contributed by atoms with Crippen molar-refractivity contribution in [2.24, 2.45) is 0 Å². The lowest BCUT2D eigenvalue weighted by Crippen LogP contribution is -2.43. The molecule has 29 heavy (non-hydrogen) atoms. The van der Waals surface area contributed by atoms with Crippen LogP contribution in [0.25, 0.3) is 0 Å². The second-order valence-electron chi connectivity index (χ2n) is 7.20. The monoisotopic (exact) mass is 398 g/mol. The van der Waals surface area contributed by atoms with Gasteiger partial charge < -0.3 is 25.0 Å². The van der Waals surface area contributed by atoms with Gasteiger partial charge in [-0.1, -0.05) is 6.07 Å². The molecule has 4 rings (SSSR count). The number of hydrogen-bond acceptors (Lipinski definition) is 7. The van der Waals surface area contributed by atoms with E-state index in [-0.39, 0.29) is 6.03 Å². The smallest absolute Gasteiger partial charge is 0.318 e. The maximum Gasteiger partial charge on any atom is 0.318 e. The number of rotatable bonds is 5. The molecule has 0 aromatic carbocycles. The quantitative estimate of drug-likeness (QED) is 0.791. The van der Waals surface area contributed by atoms with Gasteiger partial charge in [0.1, 0.15) is 0 Å². The molecule has 9 heteroatoms. The number of nitrogens with zero attached hydrogens (tertiary/aromatic N) is 4. The van der Waals surface area contributed by atoms with E-state index in [0.717, 1.165) is 49.4 Å². The zero-order valence-corrected chi connectivity index (χ0v) is 16.6. The van der Waals surface area contributed by atoms with Gasteiger partial charge in [0.25, 0.3) is 0 Å². The number of anilines is 1. The summed E-state index contributed by atoms with van der Waals surface area (Å²) in [4.78, 5) is 27.8. The van der Waals surface area contributed by atoms with Crippen molar-refractivity contribution in [2.75, 3.05) is 32.2 Å². The number of fused-ring (bicyclic) bond motifs is 1. The van der Waals surface area contributed by atoms with Crippen molar-refractivity contribution >= 4 is 12.0 Å². The number of ether oxygens (including phenoxy) is 2. The fourth-order valence-electron chi connectivity index (χ4n) is 3.52. The van der Waals surface area contributed by atoms with Crippen molar-refractivity contribution in [1.82, 2.24) is 25.2 Å². The van der Waals surface area contributed by atoms with Crippen LogP contribution in [-0.4, -0.2) is 58.8 Å². The van der Waals surface area contributed by atoms with Gasteiger partial charge in [0, 0.05) is 38.1 Å². The van der Waals surface area contributed by atoms with Crippen LogP contribution >= 0.6 is 0 Å². The number of pyridine rings is 1. The molecule has 2 N–H and O–H groups in total. The molecule has 2 aliphatic rings. The van der Waals surface area contributed by atoms with Gasteiger partial charge in [-0.15, -0.1) is 0 Å². The molecule has 1 saturated heterocycles. The summed E-state index contributed by atoms with van der Waals surface area (Å²) in [6.07, 6.45) is 4.53. The van der Waals surface area contributed by atoms with Crippen LogP contribution in [0.5, 0.6) is 5.88 Å². The summed E-state index contributed by atoms with van der Waals surface area (Å²) < 4.78 is 10.5. The van der Waals surface area contributed by atoms with Crippen LogP contribution in [0.2, 0.25) is 0 Å². The summed E-state index contributed by atoms with van der Waals surface area (Å²) >= 11 is 0. The first-order valence-corrected chi connectivity index (χ1v) is 9.93. The zero-order chi connectivity index (χ0) is 20.1. The van der Waals surface area contributed by atoms with Gasteiger partial charge in [-0.3, -0.25) is 0 Å². The third-order valence-corrected chi connectivity index (χ3v) is 5.20. The van der Waals surface area contributed by atoms with Gasteiger partial charge in [-0.25, -0.2) is 19.7 Å². The Kier molecular flexibility index (Phi) is 6.04. The van der Waals surface area contributed by atoms with E-state index in [1.807, 2.05) is 18.3 Å². The van der Waals surface area contributed by atoms with Crippen LogP contribution < -0.4 is 15.4 Å². The Hall–Kier alpha value is -2.94. The lowest BCUT2D eigenvalue weighted by atomic mass is 10.1. The van der Waals surface area contributed by atoms with Crippen LogP contribution in [0.3, 0.4) is 0 Å². The Bertz CT molecular complexity index is 856. The van der Waals surface area contributed by atoms with E-state index in [2.05, 4.69) is 25.6 Å². The molecule has 9 nitrogen and oxygen atoms in total. The molecular weight excluding hydrogens is 372 g/mol. The zero-order valence-electron chi connectivity index (χ0n) is 16.6. The van der Waals surface area contributed by atoms with E-state index < -0.39 is 0 Å². The fraction of sp³-hybridized carbons (Fsp3) is 0.500. The average Bonchev–Trinajstić information content (AvgIpc) is 2.78. The minimum absolute atomic E-state index is 0.127. The van der Waals surface area contributed by atoms with Crippen LogP contribution in [0, 0.1) is 0 Å². The highest BCUT2D eigenvalue weighted by Crippen LogP contribution is 2.19. The van der Waals surface area contributed by atoms with Gasteiger partial charge in [0.2, 0.25) is 11.8 Å². The number of aromatic nitrogens is 3. The van der Waals surface area contributed by atoms with Crippen molar-refractivity contribution in [3.05, 3.63) is 41.3 Å². The van der Waals surface area contributed by atoms with E-state index in [4.69, 9.17) is 9.47 Å². The van der Waals surface area contributed by atoms with Crippen LogP contribution in [0.15, 0.2) is 24.4 Å². The molecule has 0 atom stereocenters. The standard InChI is InChI=1S/C20H26N6O3/c1-28-18-4-2-3-16(23-18)12-22-20(27)26-8-5-14-11-21-19(25-17(14)13-26)24-15-6-9-29-10-7-15/h2-4,11,15H,5-10,12-13H2,1H3,(H,22,27)(H,21,24,25). The number of hydrogen-bond donors (Lipinski definition) is 2. The third-order valence-electron chi connectivity index (χ3n) is 5.20. The lowest BCUT2D eigenvalue weighted by Gasteiger charge is -2.29. The van der Waals surface area contributed by atoms with Crippen LogP contribution in [0.4, 0.5) is 10.7 Å². The lowest BCUT2D eigenvalue weighted by molar-refractivity contribution is 0.0903. The minimum atomic E-state index is -0.127. The van der Waals surface area contributed by atoms with Crippen molar-refractivity contribution < 1.29 is 14.3 Å². The summed E-state index contributed by atoms with van der Waals surface area (Å²) in [5.41, 5.74) is 2.75. The van der Waals surface area contributed by atoms with E-state index in [1.165, 1.54) is 0 Å². The second-order valence-corrected chi connectivity index (χ2v) is 7.20. The Balaban J connectivity index is 1.35. The van der Waals surface area contributed by atoms with Gasteiger partial charge >= 0.3 is 6.03 Å². The first kappa shape index (κ1) is 19.4. The van der Waals surface area contributed by atoms with Gasteiger partial charge in [-0.2, -0.15) is 0 Å². The number of methoxy groups -OCH3 is 1. The summed E-state index contributed by atoms with van der Waals surface area (Å²) in [7, 11) is 1.57. The van der Waals surface area contributed by atoms with E-state index in [9.17, 15) is 4.79 Å².